The van der Waals surface area contributed by atoms with Crippen LogP contribution in [0, 0.1) is 5.92 Å². The smallest absolute Gasteiger partial charge is 0.308 e. The number of carbonyl (C=O) groups is 1. The Morgan fingerprint density at radius 3 is 3.33 bits per heavy atom. The fourth-order valence-electron chi connectivity index (χ4n) is 1.36. The minimum absolute atomic E-state index is 0.254. The largest absolute Gasteiger partial charge is 0.481 e. The first-order valence-corrected chi connectivity index (χ1v) is 4.68. The van der Waals surface area contributed by atoms with Crippen LogP contribution in [0.15, 0.2) is 11.4 Å². The van der Waals surface area contributed by atoms with Crippen LogP contribution in [0.2, 0.25) is 0 Å². The maximum absolute atomic E-state index is 10.7. The second kappa shape index (κ2) is 2.79. The number of aliphatic carboxylic acids is 1. The minimum Gasteiger partial charge on any atom is -0.481 e. The van der Waals surface area contributed by atoms with E-state index in [1.165, 1.54) is 0 Å². The van der Waals surface area contributed by atoms with Gasteiger partial charge in [0.1, 0.15) is 0 Å². The number of hydrogen-bond donors (Lipinski definition) is 2. The fraction of sp³-hybridized carbons (Fsp3) is 0.375. The summed E-state index contributed by atoms with van der Waals surface area (Å²) in [6.45, 7) is 0.555. The molecule has 0 spiro atoms. The molecule has 0 saturated heterocycles. The van der Waals surface area contributed by atoms with E-state index in [9.17, 15) is 4.79 Å². The van der Waals surface area contributed by atoms with Crippen LogP contribution in [0.4, 0.5) is 5.69 Å². The Morgan fingerprint density at radius 2 is 2.58 bits per heavy atom. The molecule has 0 amide bonds. The maximum atomic E-state index is 10.7. The van der Waals surface area contributed by atoms with Crippen molar-refractivity contribution in [3.05, 3.63) is 16.3 Å². The molecule has 1 unspecified atom stereocenters. The van der Waals surface area contributed by atoms with E-state index in [4.69, 9.17) is 5.11 Å². The van der Waals surface area contributed by atoms with E-state index in [2.05, 4.69) is 5.32 Å². The summed E-state index contributed by atoms with van der Waals surface area (Å²) in [5.41, 5.74) is 1.11. The molecule has 0 aromatic carbocycles. The van der Waals surface area contributed by atoms with Gasteiger partial charge in [-0.05, 0) is 17.9 Å². The number of rotatable bonds is 1. The highest BCUT2D eigenvalue weighted by molar-refractivity contribution is 7.10. The zero-order valence-corrected chi connectivity index (χ0v) is 7.23. The Morgan fingerprint density at radius 1 is 1.75 bits per heavy atom. The summed E-state index contributed by atoms with van der Waals surface area (Å²) in [6.07, 6.45) is 0.676. The van der Waals surface area contributed by atoms with Crippen LogP contribution in [-0.2, 0) is 11.2 Å². The molecule has 3 nitrogen and oxygen atoms in total. The lowest BCUT2D eigenvalue weighted by atomic mass is 10.0. The lowest BCUT2D eigenvalue weighted by molar-refractivity contribution is -0.141. The van der Waals surface area contributed by atoms with Gasteiger partial charge < -0.3 is 10.4 Å². The molecule has 64 valence electrons. The molecule has 2 heterocycles. The minimum atomic E-state index is -0.707. The van der Waals surface area contributed by atoms with Crippen molar-refractivity contribution in [3.63, 3.8) is 0 Å². The summed E-state index contributed by atoms with van der Waals surface area (Å²) in [5, 5.41) is 13.9. The third kappa shape index (κ3) is 1.18. The number of nitrogens with one attached hydrogen (secondary N) is 1. The van der Waals surface area contributed by atoms with Crippen LogP contribution < -0.4 is 5.32 Å². The van der Waals surface area contributed by atoms with E-state index in [0.29, 0.717) is 13.0 Å². The molecular weight excluding hydrogens is 174 g/mol. The van der Waals surface area contributed by atoms with Crippen LogP contribution in [0.5, 0.6) is 0 Å². The van der Waals surface area contributed by atoms with Gasteiger partial charge in [0.15, 0.2) is 0 Å². The van der Waals surface area contributed by atoms with Gasteiger partial charge in [-0.2, -0.15) is 0 Å². The Labute approximate surface area is 74.0 Å². The van der Waals surface area contributed by atoms with E-state index >= 15 is 0 Å². The Balaban J connectivity index is 2.20. The highest BCUT2D eigenvalue weighted by Gasteiger charge is 2.24. The van der Waals surface area contributed by atoms with Gasteiger partial charge in [-0.15, -0.1) is 11.3 Å². The molecule has 2 N–H and O–H groups in total. The molecule has 0 radical (unpaired) electrons. The molecule has 0 aliphatic carbocycles. The summed E-state index contributed by atoms with van der Waals surface area (Å²) >= 11 is 1.62. The molecule has 4 heteroatoms. The van der Waals surface area contributed by atoms with Crippen LogP contribution >= 0.6 is 11.3 Å². The number of carboxylic acid groups (broad SMARTS) is 1. The van der Waals surface area contributed by atoms with Crippen molar-refractivity contribution >= 4 is 23.0 Å². The number of thiophene rings is 1. The second-order valence-electron chi connectivity index (χ2n) is 2.88. The van der Waals surface area contributed by atoms with Crippen LogP contribution in [0.1, 0.15) is 4.88 Å². The summed E-state index contributed by atoms with van der Waals surface area (Å²) in [5.74, 6) is -0.960. The van der Waals surface area contributed by atoms with Crippen molar-refractivity contribution in [2.45, 2.75) is 6.42 Å². The van der Waals surface area contributed by atoms with E-state index in [-0.39, 0.29) is 5.92 Å². The standard InChI is InChI=1S/C8H9NO2S/c10-8(11)5-3-7-6(9-4-5)1-2-12-7/h1-2,5,9H,3-4H2,(H,10,11). The maximum Gasteiger partial charge on any atom is 0.308 e. The normalized spacial score (nSPS) is 21.2. The van der Waals surface area contributed by atoms with Gasteiger partial charge in [-0.1, -0.05) is 0 Å². The summed E-state index contributed by atoms with van der Waals surface area (Å²) in [6, 6.07) is 2.00. The van der Waals surface area contributed by atoms with Crippen molar-refractivity contribution < 1.29 is 9.90 Å². The fourth-order valence-corrected chi connectivity index (χ4v) is 2.29. The Bertz CT molecular complexity index is 308. The first-order chi connectivity index (χ1) is 5.77. The van der Waals surface area contributed by atoms with Gasteiger partial charge in [0.25, 0.3) is 0 Å². The molecular formula is C8H9NO2S. The predicted molar refractivity (Wildman–Crippen MR) is 47.6 cm³/mol. The molecule has 1 aliphatic rings. The number of fused-ring (bicyclic) bond motifs is 1. The van der Waals surface area contributed by atoms with Crippen molar-refractivity contribution in [2.75, 3.05) is 11.9 Å². The first-order valence-electron chi connectivity index (χ1n) is 3.80. The monoisotopic (exact) mass is 183 g/mol. The molecule has 1 aromatic rings. The molecule has 1 aliphatic heterocycles. The quantitative estimate of drug-likeness (QED) is 0.692. The van der Waals surface area contributed by atoms with Gasteiger partial charge in [-0.25, -0.2) is 0 Å². The third-order valence-corrected chi connectivity index (χ3v) is 3.01. The van der Waals surface area contributed by atoms with Crippen LogP contribution in [0.3, 0.4) is 0 Å². The zero-order valence-electron chi connectivity index (χ0n) is 6.41. The van der Waals surface area contributed by atoms with Crippen molar-refractivity contribution in [1.29, 1.82) is 0 Å². The van der Waals surface area contributed by atoms with Crippen molar-refractivity contribution in [1.82, 2.24) is 0 Å². The summed E-state index contributed by atoms with van der Waals surface area (Å²) in [4.78, 5) is 11.8. The van der Waals surface area contributed by atoms with Gasteiger partial charge >= 0.3 is 5.97 Å². The molecule has 12 heavy (non-hydrogen) atoms. The zero-order chi connectivity index (χ0) is 8.55. The van der Waals surface area contributed by atoms with Gasteiger partial charge in [-0.3, -0.25) is 4.79 Å². The second-order valence-corrected chi connectivity index (χ2v) is 3.88. The molecule has 0 bridgehead atoms. The van der Waals surface area contributed by atoms with Gasteiger partial charge in [0, 0.05) is 17.1 Å². The lowest BCUT2D eigenvalue weighted by Crippen LogP contribution is -2.28. The van der Waals surface area contributed by atoms with Crippen molar-refractivity contribution in [2.24, 2.45) is 5.92 Å². The number of carboxylic acids is 1. The van der Waals surface area contributed by atoms with E-state index in [0.717, 1.165) is 10.6 Å². The Kier molecular flexibility index (Phi) is 1.77. The van der Waals surface area contributed by atoms with E-state index in [1.54, 1.807) is 11.3 Å². The van der Waals surface area contributed by atoms with Gasteiger partial charge in [0.2, 0.25) is 0 Å². The SMILES string of the molecule is O=C(O)C1CNc2ccsc2C1. The number of anilines is 1. The average molecular weight is 183 g/mol. The summed E-state index contributed by atoms with van der Waals surface area (Å²) in [7, 11) is 0. The van der Waals surface area contributed by atoms with Crippen LogP contribution in [-0.4, -0.2) is 17.6 Å². The predicted octanol–water partition coefficient (Wildman–Crippen LogP) is 1.42. The highest BCUT2D eigenvalue weighted by atomic mass is 32.1. The topological polar surface area (TPSA) is 49.3 Å². The number of hydrogen-bond acceptors (Lipinski definition) is 3. The van der Waals surface area contributed by atoms with Crippen molar-refractivity contribution in [3.8, 4) is 0 Å². The Hall–Kier alpha value is -1.03. The van der Waals surface area contributed by atoms with Gasteiger partial charge in [0.05, 0.1) is 5.92 Å². The average Bonchev–Trinajstić information content (AvgIpc) is 2.49. The highest BCUT2D eigenvalue weighted by Crippen LogP contribution is 2.29. The summed E-state index contributed by atoms with van der Waals surface area (Å²) < 4.78 is 0. The lowest BCUT2D eigenvalue weighted by Gasteiger charge is -2.19. The molecule has 0 fully saturated rings. The van der Waals surface area contributed by atoms with E-state index < -0.39 is 5.97 Å². The molecule has 1 atom stereocenters. The van der Waals surface area contributed by atoms with E-state index in [1.807, 2.05) is 11.4 Å². The first kappa shape index (κ1) is 7.61. The molecule has 1 aromatic heterocycles. The molecule has 2 rings (SSSR count). The molecule has 0 saturated carbocycles. The third-order valence-electron chi connectivity index (χ3n) is 2.07. The van der Waals surface area contributed by atoms with Crippen LogP contribution in [0.25, 0.3) is 0 Å².